The van der Waals surface area contributed by atoms with Crippen molar-refractivity contribution in [3.8, 4) is 45.0 Å². The summed E-state index contributed by atoms with van der Waals surface area (Å²) >= 11 is 0. The van der Waals surface area contributed by atoms with Crippen LogP contribution < -0.4 is 18.3 Å². The average Bonchev–Trinajstić information content (AvgIpc) is 1.19. The Hall–Kier alpha value is -10.7. The van der Waals surface area contributed by atoms with Gasteiger partial charge in [-0.05, 0) is 201 Å². The second-order valence-electron chi connectivity index (χ2n) is 28.9. The van der Waals surface area contributed by atoms with E-state index in [0.29, 0.717) is 40.1 Å². The number of aromatic nitrogens is 8. The van der Waals surface area contributed by atoms with Crippen molar-refractivity contribution in [2.45, 2.75) is 167 Å². The molecule has 0 amide bonds. The summed E-state index contributed by atoms with van der Waals surface area (Å²) in [4.78, 5) is 18.4. The lowest BCUT2D eigenvalue weighted by atomic mass is 9.86. The van der Waals surface area contributed by atoms with Crippen molar-refractivity contribution in [1.82, 2.24) is 19.9 Å². The van der Waals surface area contributed by atoms with Gasteiger partial charge in [-0.1, -0.05) is 102 Å². The average molecular weight is 1400 g/mol. The molecule has 16 aromatic rings. The van der Waals surface area contributed by atoms with Crippen LogP contribution in [0.5, 0.6) is 0 Å². The number of benzene rings is 4. The van der Waals surface area contributed by atoms with Crippen LogP contribution in [0, 0.1) is 76.2 Å². The van der Waals surface area contributed by atoms with Crippen LogP contribution in [0.2, 0.25) is 0 Å². The van der Waals surface area contributed by atoms with Crippen LogP contribution in [-0.2, 0) is 34.6 Å². The molecule has 1 unspecified atom stereocenters. The lowest BCUT2D eigenvalue weighted by molar-refractivity contribution is -0.660. The Bertz CT molecular complexity index is 6600. The highest BCUT2D eigenvalue weighted by molar-refractivity contribution is 6.12. The summed E-state index contributed by atoms with van der Waals surface area (Å²) in [5.41, 5.74) is 29.0. The van der Waals surface area contributed by atoms with Crippen LogP contribution in [0.3, 0.4) is 0 Å². The van der Waals surface area contributed by atoms with Crippen molar-refractivity contribution >= 4 is 88.3 Å². The first kappa shape index (κ1) is 59.6. The van der Waals surface area contributed by atoms with E-state index in [9.17, 15) is 0 Å². The van der Waals surface area contributed by atoms with E-state index in [2.05, 4.69) is 215 Å². The fourth-order valence-electron chi connectivity index (χ4n) is 14.5. The second kappa shape index (κ2) is 28.7. The SMILES string of the molecule is CCc1ccc2c(n1)oc1c(-c3cc(C)c(C)c[n+]3C)c(C)ccc12.Cc1ccc2c(n1)oc1c(-c3cc(C)c(C)c[n+]3C)c(C)ccc12.[2H]C(C)(C)c1ccc2c(n1)oc1c(-c3cc(C)c(C)c[n+]3C)c(C)ccc12.[2H]C([2H])([2H])C([2H])(C)c1ccc(-c2c(C)ccc3c2oc2nc(C4([2H])C([2H])([2H])CCCC4([2H])[2H])ccc23)[n+](C)c1. The second-order valence-corrected chi connectivity index (χ2v) is 28.9. The van der Waals surface area contributed by atoms with E-state index in [1.54, 1.807) is 36.0 Å². The summed E-state index contributed by atoms with van der Waals surface area (Å²) in [6.45, 7) is 27.8. The molecule has 0 bridgehead atoms. The van der Waals surface area contributed by atoms with Gasteiger partial charge in [-0.3, -0.25) is 0 Å². The van der Waals surface area contributed by atoms with Crippen LogP contribution in [0.15, 0.2) is 170 Å². The van der Waals surface area contributed by atoms with Gasteiger partial charge in [0, 0.05) is 132 Å². The number of pyridine rings is 8. The van der Waals surface area contributed by atoms with Gasteiger partial charge in [-0.2, -0.15) is 0 Å². The third kappa shape index (κ3) is 13.5. The Kier molecular flexibility index (Phi) is 16.3. The molecule has 105 heavy (non-hydrogen) atoms. The predicted molar refractivity (Wildman–Crippen MR) is 428 cm³/mol. The third-order valence-electron chi connectivity index (χ3n) is 21.0. The lowest BCUT2D eigenvalue weighted by Gasteiger charge is -2.20. The molecule has 0 N–H and O–H groups in total. The Morgan fingerprint density at radius 2 is 0.781 bits per heavy atom. The Morgan fingerprint density at radius 3 is 1.21 bits per heavy atom. The first-order valence-corrected chi connectivity index (χ1v) is 36.2. The van der Waals surface area contributed by atoms with Crippen molar-refractivity contribution < 1.29 is 49.6 Å². The van der Waals surface area contributed by atoms with E-state index in [1.165, 1.54) is 68.8 Å². The number of aryl methyl sites for hydroxylation is 16. The minimum atomic E-state index is -2.50. The molecule has 1 saturated carbocycles. The fraction of sp³-hybridized carbons (Fsp3) is 0.312. The monoisotopic (exact) mass is 1400 g/mol. The number of fused-ring (bicyclic) bond motifs is 12. The Labute approximate surface area is 631 Å². The number of hydrogen-bond acceptors (Lipinski definition) is 8. The summed E-state index contributed by atoms with van der Waals surface area (Å²) in [6.07, 6.45) is 5.35. The Balaban J connectivity index is 0.000000129. The highest BCUT2D eigenvalue weighted by Crippen LogP contribution is 2.43. The maximum Gasteiger partial charge on any atom is 0.227 e. The van der Waals surface area contributed by atoms with Crippen molar-refractivity contribution in [2.24, 2.45) is 28.2 Å². The molecule has 0 radical (unpaired) electrons. The van der Waals surface area contributed by atoms with E-state index < -0.39 is 37.3 Å². The first-order valence-electron chi connectivity index (χ1n) is 41.2. The summed E-state index contributed by atoms with van der Waals surface area (Å²) in [6, 6.07) is 42.4. The van der Waals surface area contributed by atoms with Crippen LogP contribution in [0.4, 0.5) is 0 Å². The van der Waals surface area contributed by atoms with Crippen LogP contribution in [0.25, 0.3) is 133 Å². The molecular formula is C93H100N8O4+4. The third-order valence-corrected chi connectivity index (χ3v) is 21.0. The molecular weight excluding hydrogens is 1290 g/mol. The predicted octanol–water partition coefficient (Wildman–Crippen LogP) is 22.1. The number of hydrogen-bond donors (Lipinski definition) is 0. The normalized spacial score (nSPS) is 16.2. The van der Waals surface area contributed by atoms with E-state index >= 15 is 0 Å². The number of furan rings is 4. The molecule has 0 saturated heterocycles. The molecule has 1 aliphatic carbocycles. The molecule has 532 valence electrons. The fourth-order valence-corrected chi connectivity index (χ4v) is 14.5. The van der Waals surface area contributed by atoms with Crippen molar-refractivity contribution in [1.29, 1.82) is 0 Å². The van der Waals surface area contributed by atoms with Gasteiger partial charge in [-0.25, -0.2) is 38.2 Å². The zero-order valence-electron chi connectivity index (χ0n) is 74.0. The smallest absolute Gasteiger partial charge is 0.227 e. The van der Waals surface area contributed by atoms with Crippen LogP contribution in [0.1, 0.15) is 182 Å². The molecule has 0 spiro atoms. The Morgan fingerprint density at radius 1 is 0.400 bits per heavy atom. The van der Waals surface area contributed by atoms with Gasteiger partial charge in [-0.15, -0.1) is 0 Å². The van der Waals surface area contributed by atoms with E-state index in [0.717, 1.165) is 123 Å². The minimum absolute atomic E-state index is 0.00339. The molecule has 1 fully saturated rings. The van der Waals surface area contributed by atoms with Crippen LogP contribution in [-0.4, -0.2) is 19.9 Å². The van der Waals surface area contributed by atoms with E-state index in [4.69, 9.17) is 31.4 Å². The molecule has 12 aromatic heterocycles. The van der Waals surface area contributed by atoms with Gasteiger partial charge < -0.3 is 17.7 Å². The molecule has 4 aromatic carbocycles. The van der Waals surface area contributed by atoms with Crippen molar-refractivity contribution in [3.05, 3.63) is 236 Å². The van der Waals surface area contributed by atoms with Gasteiger partial charge in [0.1, 0.15) is 28.2 Å². The van der Waals surface area contributed by atoms with E-state index in [1.807, 2.05) is 58.0 Å². The lowest BCUT2D eigenvalue weighted by Crippen LogP contribution is -2.31. The molecule has 1 atom stereocenters. The standard InChI is InChI=1S/C27H31N2O.C23H25N2O.C22H23N2O.C21H21N2O/c1-17(2)20-11-15-24(29(4)16-20)25-18(3)10-12-21-22-13-14-23(19-8-6-5-7-9-19)28-27(22)30-26(21)25;1-13(2)19-10-9-18-17-8-7-14(3)21(22(17)26-23(18)24-19)20-11-15(4)16(5)12-25(20)6;1-6-16-8-10-18-17-9-7-13(2)20(21(17)25-22(18)23-16)19-11-14(3)15(4)12-24(19)5;1-12-6-8-16-17-9-7-15(4)22-21(17)24-20(16)19(12)18-10-13(2)14(3)11-23(18)5/h10-17,19H,5-9H2,1-4H3;7-13H,1-6H3;7-12H,6H2,1-5H3;6-11H,1-5H3/q4*+1/i1D3,8D2,9D2,17D,19D;13D;;. The van der Waals surface area contributed by atoms with Crippen LogP contribution >= 0.6 is 0 Å². The highest BCUT2D eigenvalue weighted by atomic mass is 16.4. The number of rotatable bonds is 8. The molecule has 12 heterocycles. The minimum Gasteiger partial charge on any atom is -0.437 e. The first-order chi connectivity index (χ1) is 54.0. The molecule has 0 aliphatic heterocycles. The van der Waals surface area contributed by atoms with Gasteiger partial charge >= 0.3 is 0 Å². The van der Waals surface area contributed by atoms with E-state index in [-0.39, 0.29) is 24.2 Å². The quantitative estimate of drug-likeness (QED) is 0.138. The maximum absolute atomic E-state index is 9.02. The van der Waals surface area contributed by atoms with Crippen molar-refractivity contribution in [3.63, 3.8) is 0 Å². The van der Waals surface area contributed by atoms with Crippen molar-refractivity contribution in [2.75, 3.05) is 0 Å². The van der Waals surface area contributed by atoms with Gasteiger partial charge in [0.05, 0.1) is 22.3 Å². The summed E-state index contributed by atoms with van der Waals surface area (Å²) in [5.74, 6) is -4.74. The zero-order chi connectivity index (χ0) is 83.0. The molecule has 1 aliphatic rings. The maximum atomic E-state index is 9.02. The van der Waals surface area contributed by atoms with Gasteiger partial charge in [0.25, 0.3) is 0 Å². The summed E-state index contributed by atoms with van der Waals surface area (Å²) in [5, 5.41) is 7.88. The topological polar surface area (TPSA) is 120 Å². The van der Waals surface area contributed by atoms with Gasteiger partial charge in [0.15, 0.2) is 47.1 Å². The molecule has 12 heteroatoms. The molecule has 17 rings (SSSR count). The largest absolute Gasteiger partial charge is 0.437 e. The summed E-state index contributed by atoms with van der Waals surface area (Å²) in [7, 11) is 8.03. The summed E-state index contributed by atoms with van der Waals surface area (Å²) < 4.78 is 116. The van der Waals surface area contributed by atoms with Gasteiger partial charge in [0.2, 0.25) is 45.6 Å². The molecule has 12 nitrogen and oxygen atoms in total. The highest BCUT2D eigenvalue weighted by Gasteiger charge is 2.28. The zero-order valence-corrected chi connectivity index (χ0v) is 64.0. The number of nitrogens with zero attached hydrogens (tertiary/aromatic N) is 8.